The topological polar surface area (TPSA) is 174 Å². The number of hydrogen-bond donors (Lipinski definition) is 4. The lowest BCUT2D eigenvalue weighted by atomic mass is 9.83. The molecular formula is C37H64N6O7S. The van der Waals surface area contributed by atoms with Crippen molar-refractivity contribution in [3.05, 3.63) is 0 Å². The van der Waals surface area contributed by atoms with Crippen molar-refractivity contribution in [3.8, 4) is 0 Å². The minimum atomic E-state index is -3.65. The van der Waals surface area contributed by atoms with Gasteiger partial charge in [0.2, 0.25) is 27.6 Å². The maximum absolute atomic E-state index is 14.5. The lowest BCUT2D eigenvalue weighted by Crippen LogP contribution is -2.64. The van der Waals surface area contributed by atoms with Crippen molar-refractivity contribution < 1.29 is 32.4 Å². The van der Waals surface area contributed by atoms with Gasteiger partial charge < -0.3 is 26.2 Å². The summed E-state index contributed by atoms with van der Waals surface area (Å²) in [5.41, 5.74) is -1.73. The van der Waals surface area contributed by atoms with E-state index in [0.717, 1.165) is 51.4 Å². The van der Waals surface area contributed by atoms with Gasteiger partial charge in [-0.2, -0.15) is 0 Å². The molecule has 0 spiro atoms. The second kappa shape index (κ2) is 16.9. The van der Waals surface area contributed by atoms with Crippen LogP contribution in [0.3, 0.4) is 0 Å². The van der Waals surface area contributed by atoms with Crippen molar-refractivity contribution in [2.75, 3.05) is 25.4 Å². The summed E-state index contributed by atoms with van der Waals surface area (Å²) in [7, 11) is -3.65. The van der Waals surface area contributed by atoms with Gasteiger partial charge in [-0.25, -0.2) is 17.5 Å². The molecule has 3 aliphatic carbocycles. The Bertz CT molecular complexity index is 1380. The van der Waals surface area contributed by atoms with E-state index < -0.39 is 68.6 Å². The molecule has 4 atom stereocenters. The molecule has 51 heavy (non-hydrogen) atoms. The number of hydrogen-bond acceptors (Lipinski definition) is 7. The molecule has 3 saturated carbocycles. The van der Waals surface area contributed by atoms with E-state index >= 15 is 0 Å². The second-order valence-electron chi connectivity index (χ2n) is 16.9. The zero-order valence-electron chi connectivity index (χ0n) is 32.0. The minimum Gasteiger partial charge on any atom is -0.347 e. The number of nitrogens with zero attached hydrogens (tertiary/aromatic N) is 2. The van der Waals surface area contributed by atoms with E-state index in [1.807, 2.05) is 34.6 Å². The van der Waals surface area contributed by atoms with Gasteiger partial charge in [-0.1, -0.05) is 80.6 Å². The summed E-state index contributed by atoms with van der Waals surface area (Å²) in [6.07, 6.45) is 9.03. The molecule has 290 valence electrons. The summed E-state index contributed by atoms with van der Waals surface area (Å²) in [6, 6.07) is -3.51. The number of Topliss-reactive ketones (excluding diaryl/α,β-unsaturated/α-hetero) is 1. The van der Waals surface area contributed by atoms with E-state index in [2.05, 4.69) is 21.3 Å². The quantitative estimate of drug-likeness (QED) is 0.166. The van der Waals surface area contributed by atoms with Crippen LogP contribution < -0.4 is 21.3 Å². The van der Waals surface area contributed by atoms with Crippen LogP contribution in [0.1, 0.15) is 126 Å². The molecule has 4 aliphatic rings. The number of likely N-dealkylation sites (tertiary alicyclic amines) is 1. The van der Waals surface area contributed by atoms with Gasteiger partial charge in [-0.3, -0.25) is 19.2 Å². The smallest absolute Gasteiger partial charge is 0.315 e. The normalized spacial score (nSPS) is 23.4. The molecule has 1 aliphatic heterocycles. The summed E-state index contributed by atoms with van der Waals surface area (Å²) in [5.74, 6) is -2.09. The molecule has 0 aromatic rings. The Morgan fingerprint density at radius 3 is 2.06 bits per heavy atom. The van der Waals surface area contributed by atoms with Crippen LogP contribution in [0.2, 0.25) is 0 Å². The zero-order chi connectivity index (χ0) is 37.7. The van der Waals surface area contributed by atoms with Crippen LogP contribution in [0.5, 0.6) is 0 Å². The molecule has 0 unspecified atom stereocenters. The van der Waals surface area contributed by atoms with Crippen LogP contribution in [-0.2, 0) is 29.2 Å². The molecule has 0 aromatic carbocycles. The molecule has 5 amide bonds. The number of rotatable bonds is 17. The largest absolute Gasteiger partial charge is 0.347 e. The van der Waals surface area contributed by atoms with Crippen molar-refractivity contribution in [3.63, 3.8) is 0 Å². The average Bonchev–Trinajstić information content (AvgIpc) is 3.99. The van der Waals surface area contributed by atoms with E-state index in [1.165, 1.54) is 9.21 Å². The van der Waals surface area contributed by atoms with Crippen LogP contribution in [0, 0.1) is 23.2 Å². The standard InChI is InChI=1S/C37H64N6O7S/c1-8-42(9-2)51(49,50)23-37(20-11-10-12-21-37)41-35(48)40-31(36(5,6)7)34(47)43-22-19-27(24(3)4)29(43)32(45)39-28(18-15-25-13-14-25)30(44)33(46)38-26-16-17-26/h24-29,31H,8-23H2,1-7H3,(H,38,46)(H,39,45)(H2,40,41,48)/t27-,28+,29+,31-/m1/s1. The van der Waals surface area contributed by atoms with Crippen LogP contribution >= 0.6 is 0 Å². The molecule has 0 radical (unpaired) electrons. The fraction of sp³-hybridized carbons (Fsp3) is 0.865. The molecule has 0 bridgehead atoms. The molecule has 0 aromatic heterocycles. The van der Waals surface area contributed by atoms with Crippen LogP contribution in [-0.4, -0.2) is 102 Å². The fourth-order valence-electron chi connectivity index (χ4n) is 7.89. The van der Waals surface area contributed by atoms with Gasteiger partial charge in [0.05, 0.1) is 17.3 Å². The highest BCUT2D eigenvalue weighted by atomic mass is 32.2. The van der Waals surface area contributed by atoms with Gasteiger partial charge in [0, 0.05) is 25.7 Å². The van der Waals surface area contributed by atoms with E-state index in [0.29, 0.717) is 51.2 Å². The molecule has 13 nitrogen and oxygen atoms in total. The lowest BCUT2D eigenvalue weighted by molar-refractivity contribution is -0.145. The van der Waals surface area contributed by atoms with Crippen molar-refractivity contribution in [2.45, 2.75) is 155 Å². The first-order chi connectivity index (χ1) is 23.9. The summed E-state index contributed by atoms with van der Waals surface area (Å²) in [6.45, 7) is 14.1. The van der Waals surface area contributed by atoms with Crippen molar-refractivity contribution in [2.24, 2.45) is 23.2 Å². The van der Waals surface area contributed by atoms with Gasteiger partial charge in [-0.15, -0.1) is 0 Å². The monoisotopic (exact) mass is 736 g/mol. The van der Waals surface area contributed by atoms with E-state index in [-0.39, 0.29) is 23.6 Å². The Balaban J connectivity index is 1.53. The maximum atomic E-state index is 14.5. The lowest BCUT2D eigenvalue weighted by Gasteiger charge is -2.41. The predicted octanol–water partition coefficient (Wildman–Crippen LogP) is 3.47. The number of carbonyl (C=O) groups excluding carboxylic acids is 5. The Labute approximate surface area is 305 Å². The third-order valence-electron chi connectivity index (χ3n) is 11.3. The molecule has 4 N–H and O–H groups in total. The first kappa shape index (κ1) is 41.0. The van der Waals surface area contributed by atoms with Gasteiger partial charge >= 0.3 is 6.03 Å². The number of nitrogens with one attached hydrogen (secondary N) is 4. The second-order valence-corrected chi connectivity index (χ2v) is 18.9. The van der Waals surface area contributed by atoms with E-state index in [4.69, 9.17) is 0 Å². The number of carbonyl (C=O) groups is 5. The zero-order valence-corrected chi connectivity index (χ0v) is 32.8. The Kier molecular flexibility index (Phi) is 13.6. The maximum Gasteiger partial charge on any atom is 0.315 e. The third kappa shape index (κ3) is 10.9. The number of sulfonamides is 1. The number of ketones is 1. The van der Waals surface area contributed by atoms with Gasteiger partial charge in [0.25, 0.3) is 5.91 Å². The highest BCUT2D eigenvalue weighted by Crippen LogP contribution is 2.36. The van der Waals surface area contributed by atoms with E-state index in [1.54, 1.807) is 13.8 Å². The summed E-state index contributed by atoms with van der Waals surface area (Å²) in [4.78, 5) is 70.2. The summed E-state index contributed by atoms with van der Waals surface area (Å²) in [5, 5.41) is 11.6. The average molecular weight is 737 g/mol. The first-order valence-corrected chi connectivity index (χ1v) is 21.0. The fourth-order valence-corrected chi connectivity index (χ4v) is 9.92. The van der Waals surface area contributed by atoms with Gasteiger partial charge in [-0.05, 0) is 68.1 Å². The Hall–Kier alpha value is -2.74. The summed E-state index contributed by atoms with van der Waals surface area (Å²) < 4.78 is 28.2. The molecular weight excluding hydrogens is 673 g/mol. The van der Waals surface area contributed by atoms with Crippen molar-refractivity contribution in [1.82, 2.24) is 30.5 Å². The molecule has 4 fully saturated rings. The van der Waals surface area contributed by atoms with E-state index in [9.17, 15) is 32.4 Å². The molecule has 1 saturated heterocycles. The minimum absolute atomic E-state index is 0.00769. The van der Waals surface area contributed by atoms with Gasteiger partial charge in [0.15, 0.2) is 0 Å². The van der Waals surface area contributed by atoms with Crippen molar-refractivity contribution >= 4 is 39.6 Å². The Morgan fingerprint density at radius 1 is 0.902 bits per heavy atom. The highest BCUT2D eigenvalue weighted by Gasteiger charge is 2.48. The highest BCUT2D eigenvalue weighted by molar-refractivity contribution is 7.89. The van der Waals surface area contributed by atoms with Gasteiger partial charge in [0.1, 0.15) is 12.1 Å². The predicted molar refractivity (Wildman–Crippen MR) is 196 cm³/mol. The molecule has 14 heteroatoms. The van der Waals surface area contributed by atoms with Crippen LogP contribution in [0.15, 0.2) is 0 Å². The van der Waals surface area contributed by atoms with Crippen LogP contribution in [0.25, 0.3) is 0 Å². The first-order valence-electron chi connectivity index (χ1n) is 19.4. The molecule has 4 rings (SSSR count). The number of amides is 5. The Morgan fingerprint density at radius 2 is 1.53 bits per heavy atom. The van der Waals surface area contributed by atoms with Crippen molar-refractivity contribution in [1.29, 1.82) is 0 Å². The SMILES string of the molecule is CCN(CC)S(=O)(=O)CC1(NC(=O)N[C@H](C(=O)N2CC[C@H](C(C)C)[C@H]2C(=O)N[C@@H](CCC2CC2)C(=O)C(=O)NC2CC2)C(C)(C)C)CCCCC1. The third-order valence-corrected chi connectivity index (χ3v) is 13.5. The van der Waals surface area contributed by atoms with Crippen LogP contribution in [0.4, 0.5) is 4.79 Å². The number of urea groups is 1. The summed E-state index contributed by atoms with van der Waals surface area (Å²) >= 11 is 0. The molecule has 1 heterocycles.